The van der Waals surface area contributed by atoms with Crippen LogP contribution in [0.4, 0.5) is 0 Å². The lowest BCUT2D eigenvalue weighted by Crippen LogP contribution is -2.22. The number of carbonyl (C=O) groups excluding carboxylic acids is 1. The molecule has 130 valence electrons. The zero-order chi connectivity index (χ0) is 17.9. The molecule has 8 nitrogen and oxygen atoms in total. The number of hydrogen-bond acceptors (Lipinski definition) is 6. The van der Waals surface area contributed by atoms with E-state index in [-0.39, 0.29) is 18.2 Å². The van der Waals surface area contributed by atoms with Crippen LogP contribution in [0.3, 0.4) is 0 Å². The highest BCUT2D eigenvalue weighted by Crippen LogP contribution is 2.28. The predicted molar refractivity (Wildman–Crippen MR) is 93.1 cm³/mol. The van der Waals surface area contributed by atoms with Crippen LogP contribution in [-0.2, 0) is 6.54 Å². The molecule has 0 saturated carbocycles. The van der Waals surface area contributed by atoms with E-state index in [1.54, 1.807) is 42.5 Å². The lowest BCUT2D eigenvalue weighted by molar-refractivity contribution is 0.0924. The molecule has 1 N–H and O–H groups in total. The van der Waals surface area contributed by atoms with Crippen LogP contribution in [0.1, 0.15) is 16.2 Å². The maximum Gasteiger partial charge on any atom is 0.287 e. The second-order valence-electron chi connectivity index (χ2n) is 5.53. The van der Waals surface area contributed by atoms with E-state index >= 15 is 0 Å². The summed E-state index contributed by atoms with van der Waals surface area (Å²) < 4.78 is 12.5. The molecule has 3 heterocycles. The Hall–Kier alpha value is -3.68. The number of ether oxygens (including phenoxy) is 1. The molecule has 26 heavy (non-hydrogen) atoms. The fraction of sp³-hybridized carbons (Fsp3) is 0.111. The molecular weight excluding hydrogens is 334 g/mol. The van der Waals surface area contributed by atoms with Crippen LogP contribution < -0.4 is 10.1 Å². The lowest BCUT2D eigenvalue weighted by atomic mass is 10.2. The molecule has 0 aliphatic rings. The van der Waals surface area contributed by atoms with Crippen molar-refractivity contribution in [3.05, 3.63) is 66.4 Å². The highest BCUT2D eigenvalue weighted by molar-refractivity contribution is 5.97. The molecule has 1 aromatic carbocycles. The average Bonchev–Trinajstić information content (AvgIpc) is 3.33. The Kier molecular flexibility index (Phi) is 4.06. The second kappa shape index (κ2) is 6.67. The Morgan fingerprint density at radius 3 is 2.92 bits per heavy atom. The van der Waals surface area contributed by atoms with E-state index in [1.165, 1.54) is 0 Å². The molecular formula is C18H15N5O3. The summed E-state index contributed by atoms with van der Waals surface area (Å²) in [6, 6.07) is 10.8. The molecule has 0 spiro atoms. The molecule has 0 bridgehead atoms. The minimum Gasteiger partial charge on any atom is -0.493 e. The van der Waals surface area contributed by atoms with Crippen molar-refractivity contribution in [3.8, 4) is 11.4 Å². The highest BCUT2D eigenvalue weighted by Gasteiger charge is 2.15. The summed E-state index contributed by atoms with van der Waals surface area (Å²) in [6.07, 6.45) is 5.10. The third kappa shape index (κ3) is 3.00. The van der Waals surface area contributed by atoms with E-state index in [9.17, 15) is 4.79 Å². The Morgan fingerprint density at radius 2 is 2.12 bits per heavy atom. The summed E-state index contributed by atoms with van der Waals surface area (Å²) in [4.78, 5) is 16.3. The molecule has 0 unspecified atom stereocenters. The van der Waals surface area contributed by atoms with Crippen molar-refractivity contribution in [1.29, 1.82) is 0 Å². The summed E-state index contributed by atoms with van der Waals surface area (Å²) in [6.45, 7) is 0.234. The van der Waals surface area contributed by atoms with Crippen molar-refractivity contribution in [2.24, 2.45) is 0 Å². The van der Waals surface area contributed by atoms with Gasteiger partial charge in [0.25, 0.3) is 5.91 Å². The Bertz CT molecular complexity index is 1060. The monoisotopic (exact) mass is 349 g/mol. The SMILES string of the molecule is COc1cccc2cc(C(=O)NCc3cn(-c4ccncc4)nn3)oc12. The molecule has 3 aromatic heterocycles. The topological polar surface area (TPSA) is 95.1 Å². The quantitative estimate of drug-likeness (QED) is 0.594. The molecule has 0 atom stereocenters. The number of fused-ring (bicyclic) bond motifs is 1. The van der Waals surface area contributed by atoms with Gasteiger partial charge in [0, 0.05) is 17.8 Å². The van der Waals surface area contributed by atoms with Gasteiger partial charge in [0.2, 0.25) is 0 Å². The van der Waals surface area contributed by atoms with Crippen molar-refractivity contribution >= 4 is 16.9 Å². The van der Waals surface area contributed by atoms with Gasteiger partial charge in [-0.1, -0.05) is 17.3 Å². The summed E-state index contributed by atoms with van der Waals surface area (Å²) in [5.74, 6) is 0.467. The number of nitrogens with zero attached hydrogens (tertiary/aromatic N) is 4. The molecule has 0 aliphatic heterocycles. The predicted octanol–water partition coefficient (Wildman–Crippen LogP) is 2.35. The van der Waals surface area contributed by atoms with Gasteiger partial charge >= 0.3 is 0 Å². The fourth-order valence-corrected chi connectivity index (χ4v) is 2.57. The Labute approximate surface area is 148 Å². The lowest BCUT2D eigenvalue weighted by Gasteiger charge is -2.00. The van der Waals surface area contributed by atoms with Crippen molar-refractivity contribution in [2.75, 3.05) is 7.11 Å². The summed E-state index contributed by atoms with van der Waals surface area (Å²) >= 11 is 0. The minimum absolute atomic E-state index is 0.214. The van der Waals surface area contributed by atoms with Crippen LogP contribution in [0.25, 0.3) is 16.7 Å². The average molecular weight is 349 g/mol. The van der Waals surface area contributed by atoms with E-state index in [4.69, 9.17) is 9.15 Å². The maximum atomic E-state index is 12.4. The number of benzene rings is 1. The first-order valence-corrected chi connectivity index (χ1v) is 7.91. The largest absolute Gasteiger partial charge is 0.493 e. The summed E-state index contributed by atoms with van der Waals surface area (Å²) in [5, 5.41) is 11.7. The van der Waals surface area contributed by atoms with Gasteiger partial charge in [-0.25, -0.2) is 4.68 Å². The van der Waals surface area contributed by atoms with E-state index in [1.807, 2.05) is 24.3 Å². The Morgan fingerprint density at radius 1 is 1.27 bits per heavy atom. The number of rotatable bonds is 5. The van der Waals surface area contributed by atoms with E-state index in [2.05, 4.69) is 20.6 Å². The van der Waals surface area contributed by atoms with Crippen molar-refractivity contribution in [1.82, 2.24) is 25.3 Å². The number of methoxy groups -OCH3 is 1. The maximum absolute atomic E-state index is 12.4. The number of aromatic nitrogens is 4. The molecule has 0 aliphatic carbocycles. The van der Waals surface area contributed by atoms with Gasteiger partial charge in [-0.3, -0.25) is 9.78 Å². The van der Waals surface area contributed by atoms with Crippen LogP contribution in [0, 0.1) is 0 Å². The summed E-state index contributed by atoms with van der Waals surface area (Å²) in [5.41, 5.74) is 2.02. The van der Waals surface area contributed by atoms with E-state index < -0.39 is 0 Å². The fourth-order valence-electron chi connectivity index (χ4n) is 2.57. The van der Waals surface area contributed by atoms with Gasteiger partial charge in [0.1, 0.15) is 5.69 Å². The van der Waals surface area contributed by atoms with Gasteiger partial charge in [0.05, 0.1) is 25.5 Å². The third-order valence-corrected chi connectivity index (χ3v) is 3.85. The molecule has 4 rings (SSSR count). The van der Waals surface area contributed by atoms with E-state index in [0.717, 1.165) is 11.1 Å². The third-order valence-electron chi connectivity index (χ3n) is 3.85. The van der Waals surface area contributed by atoms with E-state index in [0.29, 0.717) is 17.0 Å². The first-order valence-electron chi connectivity index (χ1n) is 7.91. The number of amides is 1. The van der Waals surface area contributed by atoms with Crippen LogP contribution in [-0.4, -0.2) is 33.0 Å². The molecule has 0 fully saturated rings. The zero-order valence-electron chi connectivity index (χ0n) is 13.9. The number of hydrogen-bond donors (Lipinski definition) is 1. The standard InChI is InChI=1S/C18H15N5O3/c1-25-15-4-2-3-12-9-16(26-17(12)15)18(24)20-10-13-11-23(22-21-13)14-5-7-19-8-6-14/h2-9,11H,10H2,1H3,(H,20,24). The summed E-state index contributed by atoms with van der Waals surface area (Å²) in [7, 11) is 1.56. The van der Waals surface area contributed by atoms with Gasteiger partial charge in [-0.05, 0) is 24.3 Å². The number of furan rings is 1. The number of carbonyl (C=O) groups is 1. The molecule has 0 saturated heterocycles. The van der Waals surface area contributed by atoms with Gasteiger partial charge in [0.15, 0.2) is 17.1 Å². The van der Waals surface area contributed by atoms with Crippen LogP contribution in [0.5, 0.6) is 5.75 Å². The van der Waals surface area contributed by atoms with Crippen LogP contribution in [0.15, 0.2) is 59.4 Å². The minimum atomic E-state index is -0.332. The van der Waals surface area contributed by atoms with Gasteiger partial charge in [-0.2, -0.15) is 0 Å². The van der Waals surface area contributed by atoms with Crippen LogP contribution >= 0.6 is 0 Å². The first-order chi connectivity index (χ1) is 12.7. The number of pyridine rings is 1. The molecule has 8 heteroatoms. The van der Waals surface area contributed by atoms with Crippen molar-refractivity contribution in [3.63, 3.8) is 0 Å². The normalized spacial score (nSPS) is 10.8. The highest BCUT2D eigenvalue weighted by atomic mass is 16.5. The first kappa shape index (κ1) is 15.8. The molecule has 4 aromatic rings. The number of nitrogens with one attached hydrogen (secondary N) is 1. The van der Waals surface area contributed by atoms with Gasteiger partial charge < -0.3 is 14.5 Å². The van der Waals surface area contributed by atoms with Gasteiger partial charge in [-0.15, -0.1) is 5.10 Å². The second-order valence-corrected chi connectivity index (χ2v) is 5.53. The van der Waals surface area contributed by atoms with Crippen molar-refractivity contribution in [2.45, 2.75) is 6.54 Å². The smallest absolute Gasteiger partial charge is 0.287 e. The Balaban J connectivity index is 1.47. The molecule has 1 amide bonds. The number of para-hydroxylation sites is 1. The van der Waals surface area contributed by atoms with Crippen molar-refractivity contribution < 1.29 is 13.9 Å². The van der Waals surface area contributed by atoms with Crippen LogP contribution in [0.2, 0.25) is 0 Å². The molecule has 0 radical (unpaired) electrons. The zero-order valence-corrected chi connectivity index (χ0v) is 13.9.